The Kier molecular flexibility index (Phi) is 3.58. The van der Waals surface area contributed by atoms with E-state index in [2.05, 4.69) is 26.7 Å². The van der Waals surface area contributed by atoms with Crippen molar-refractivity contribution in [3.63, 3.8) is 0 Å². The lowest BCUT2D eigenvalue weighted by molar-refractivity contribution is 0.627. The van der Waals surface area contributed by atoms with Crippen LogP contribution < -0.4 is 16.6 Å². The molecule has 0 heterocycles. The van der Waals surface area contributed by atoms with Gasteiger partial charge in [0.05, 0.1) is 5.69 Å². The van der Waals surface area contributed by atoms with E-state index in [9.17, 15) is 4.39 Å². The molecule has 0 amide bonds. The first kappa shape index (κ1) is 10.4. The highest BCUT2D eigenvalue weighted by atomic mass is 79.9. The number of thiocarbonyl (C=S) groups is 1. The SMILES string of the molecule is NNC(=S)Nc1ccc(F)cc1Br. The molecule has 0 aliphatic rings. The Bertz CT molecular complexity index is 332. The van der Waals surface area contributed by atoms with E-state index < -0.39 is 0 Å². The molecule has 0 atom stereocenters. The van der Waals surface area contributed by atoms with E-state index in [1.54, 1.807) is 6.07 Å². The molecule has 6 heteroatoms. The monoisotopic (exact) mass is 263 g/mol. The molecular formula is C7H7BrFN3S. The molecule has 70 valence electrons. The van der Waals surface area contributed by atoms with Crippen molar-refractivity contribution in [1.29, 1.82) is 0 Å². The van der Waals surface area contributed by atoms with E-state index >= 15 is 0 Å². The van der Waals surface area contributed by atoms with Crippen molar-refractivity contribution < 1.29 is 4.39 Å². The summed E-state index contributed by atoms with van der Waals surface area (Å²) < 4.78 is 13.2. The van der Waals surface area contributed by atoms with Crippen molar-refractivity contribution in [2.45, 2.75) is 0 Å². The van der Waals surface area contributed by atoms with Gasteiger partial charge in [0.15, 0.2) is 5.11 Å². The first-order valence-electron chi connectivity index (χ1n) is 3.36. The van der Waals surface area contributed by atoms with Crippen molar-refractivity contribution in [3.05, 3.63) is 28.5 Å². The Morgan fingerprint density at radius 1 is 1.54 bits per heavy atom. The van der Waals surface area contributed by atoms with Crippen molar-refractivity contribution in [3.8, 4) is 0 Å². The van der Waals surface area contributed by atoms with Crippen LogP contribution in [0.4, 0.5) is 10.1 Å². The van der Waals surface area contributed by atoms with Crippen LogP contribution >= 0.6 is 28.1 Å². The molecule has 1 aromatic rings. The standard InChI is InChI=1S/C7H7BrFN3S/c8-5-3-4(9)1-2-6(5)11-7(13)12-10/h1-3H,10H2,(H2,11,12,13). The Hall–Kier alpha value is -0.720. The zero-order valence-electron chi connectivity index (χ0n) is 6.47. The van der Waals surface area contributed by atoms with Gasteiger partial charge in [-0.1, -0.05) is 0 Å². The highest BCUT2D eigenvalue weighted by Crippen LogP contribution is 2.22. The van der Waals surface area contributed by atoms with Crippen LogP contribution in [0, 0.1) is 5.82 Å². The van der Waals surface area contributed by atoms with Gasteiger partial charge in [0.2, 0.25) is 0 Å². The largest absolute Gasteiger partial charge is 0.331 e. The smallest absolute Gasteiger partial charge is 0.185 e. The van der Waals surface area contributed by atoms with Crippen LogP contribution in [0.1, 0.15) is 0 Å². The Morgan fingerprint density at radius 3 is 2.77 bits per heavy atom. The number of rotatable bonds is 1. The van der Waals surface area contributed by atoms with Gasteiger partial charge in [-0.3, -0.25) is 0 Å². The third-order valence-electron chi connectivity index (χ3n) is 1.31. The van der Waals surface area contributed by atoms with E-state index in [4.69, 9.17) is 18.1 Å². The summed E-state index contributed by atoms with van der Waals surface area (Å²) in [5.41, 5.74) is 2.92. The topological polar surface area (TPSA) is 50.1 Å². The molecule has 13 heavy (non-hydrogen) atoms. The molecule has 0 aliphatic heterocycles. The van der Waals surface area contributed by atoms with Crippen LogP contribution in [0.15, 0.2) is 22.7 Å². The van der Waals surface area contributed by atoms with Crippen molar-refractivity contribution in [2.24, 2.45) is 5.84 Å². The summed E-state index contributed by atoms with van der Waals surface area (Å²) in [6, 6.07) is 4.22. The maximum Gasteiger partial charge on any atom is 0.185 e. The minimum Gasteiger partial charge on any atom is -0.331 e. The number of benzene rings is 1. The number of hydrogen-bond donors (Lipinski definition) is 3. The first-order valence-corrected chi connectivity index (χ1v) is 4.56. The second-order valence-electron chi connectivity index (χ2n) is 2.22. The van der Waals surface area contributed by atoms with Crippen LogP contribution in [0.2, 0.25) is 0 Å². The molecule has 0 aromatic heterocycles. The number of anilines is 1. The lowest BCUT2D eigenvalue weighted by atomic mass is 10.3. The maximum absolute atomic E-state index is 12.6. The molecule has 1 rings (SSSR count). The second kappa shape index (κ2) is 4.50. The summed E-state index contributed by atoms with van der Waals surface area (Å²) >= 11 is 7.94. The van der Waals surface area contributed by atoms with Gasteiger partial charge in [-0.2, -0.15) is 0 Å². The van der Waals surface area contributed by atoms with Gasteiger partial charge in [-0.25, -0.2) is 10.2 Å². The predicted molar refractivity (Wildman–Crippen MR) is 57.6 cm³/mol. The van der Waals surface area contributed by atoms with Gasteiger partial charge in [-0.05, 0) is 46.3 Å². The van der Waals surface area contributed by atoms with Crippen molar-refractivity contribution in [2.75, 3.05) is 5.32 Å². The lowest BCUT2D eigenvalue weighted by Gasteiger charge is -2.08. The van der Waals surface area contributed by atoms with Crippen LogP contribution in [0.3, 0.4) is 0 Å². The average molecular weight is 264 g/mol. The molecule has 0 aliphatic carbocycles. The molecule has 0 saturated carbocycles. The normalized spacial score (nSPS) is 9.46. The molecule has 0 saturated heterocycles. The average Bonchev–Trinajstić information content (AvgIpc) is 2.09. The Labute approximate surface area is 88.6 Å². The van der Waals surface area contributed by atoms with E-state index in [0.717, 1.165) is 0 Å². The predicted octanol–water partition coefficient (Wildman–Crippen LogP) is 1.75. The number of hydrazine groups is 1. The highest BCUT2D eigenvalue weighted by Gasteiger charge is 2.01. The van der Waals surface area contributed by atoms with E-state index in [1.807, 2.05) is 0 Å². The third-order valence-corrected chi connectivity index (χ3v) is 2.19. The maximum atomic E-state index is 12.6. The van der Waals surface area contributed by atoms with Crippen LogP contribution in [-0.2, 0) is 0 Å². The second-order valence-corrected chi connectivity index (χ2v) is 3.49. The van der Waals surface area contributed by atoms with Gasteiger partial charge in [0, 0.05) is 4.47 Å². The molecular weight excluding hydrogens is 257 g/mol. The summed E-state index contributed by atoms with van der Waals surface area (Å²) in [6.45, 7) is 0. The van der Waals surface area contributed by atoms with E-state index in [-0.39, 0.29) is 10.9 Å². The van der Waals surface area contributed by atoms with Crippen LogP contribution in [0.25, 0.3) is 0 Å². The molecule has 3 nitrogen and oxygen atoms in total. The molecule has 4 N–H and O–H groups in total. The fourth-order valence-corrected chi connectivity index (χ4v) is 1.31. The zero-order valence-corrected chi connectivity index (χ0v) is 8.88. The summed E-state index contributed by atoms with van der Waals surface area (Å²) in [7, 11) is 0. The summed E-state index contributed by atoms with van der Waals surface area (Å²) in [5, 5.41) is 3.04. The third kappa shape index (κ3) is 2.91. The van der Waals surface area contributed by atoms with Gasteiger partial charge in [0.25, 0.3) is 0 Å². The Morgan fingerprint density at radius 2 is 2.23 bits per heavy atom. The highest BCUT2D eigenvalue weighted by molar-refractivity contribution is 9.10. The summed E-state index contributed by atoms with van der Waals surface area (Å²) in [6.07, 6.45) is 0. The van der Waals surface area contributed by atoms with Crippen LogP contribution in [-0.4, -0.2) is 5.11 Å². The fraction of sp³-hybridized carbons (Fsp3) is 0. The Balaban J connectivity index is 2.83. The molecule has 0 unspecified atom stereocenters. The van der Waals surface area contributed by atoms with Gasteiger partial charge < -0.3 is 10.7 Å². The minimum absolute atomic E-state index is 0.271. The number of hydrogen-bond acceptors (Lipinski definition) is 2. The summed E-state index contributed by atoms with van der Waals surface area (Å²) in [5.74, 6) is 4.74. The molecule has 0 bridgehead atoms. The number of nitrogens with two attached hydrogens (primary N) is 1. The molecule has 0 radical (unpaired) electrons. The molecule has 0 spiro atoms. The quantitative estimate of drug-likeness (QED) is 0.411. The minimum atomic E-state index is -0.316. The molecule has 0 fully saturated rings. The lowest BCUT2D eigenvalue weighted by Crippen LogP contribution is -2.34. The van der Waals surface area contributed by atoms with E-state index in [0.29, 0.717) is 10.2 Å². The van der Waals surface area contributed by atoms with Gasteiger partial charge in [-0.15, -0.1) is 0 Å². The van der Waals surface area contributed by atoms with Crippen LogP contribution in [0.5, 0.6) is 0 Å². The number of nitrogens with one attached hydrogen (secondary N) is 2. The van der Waals surface area contributed by atoms with Gasteiger partial charge >= 0.3 is 0 Å². The van der Waals surface area contributed by atoms with Gasteiger partial charge in [0.1, 0.15) is 5.82 Å². The van der Waals surface area contributed by atoms with Crippen molar-refractivity contribution >= 4 is 38.9 Å². The van der Waals surface area contributed by atoms with Crippen molar-refractivity contribution in [1.82, 2.24) is 5.43 Å². The summed E-state index contributed by atoms with van der Waals surface area (Å²) in [4.78, 5) is 0. The first-order chi connectivity index (χ1) is 6.13. The zero-order chi connectivity index (χ0) is 9.84. The fourth-order valence-electron chi connectivity index (χ4n) is 0.749. The molecule has 1 aromatic carbocycles. The van der Waals surface area contributed by atoms with E-state index in [1.165, 1.54) is 12.1 Å². The number of halogens is 2.